The van der Waals surface area contributed by atoms with E-state index in [9.17, 15) is 4.79 Å². The molecule has 0 aliphatic carbocycles. The summed E-state index contributed by atoms with van der Waals surface area (Å²) in [6, 6.07) is 0. The van der Waals surface area contributed by atoms with Crippen LogP contribution in [0, 0.1) is 6.92 Å². The zero-order valence-corrected chi connectivity index (χ0v) is 13.6. The third-order valence-electron chi connectivity index (χ3n) is 2.41. The zero-order chi connectivity index (χ0) is 12.5. The number of nitrogens with two attached hydrogens (primary N) is 1. The molecule has 0 aliphatic rings. The molecule has 0 unspecified atom stereocenters. The van der Waals surface area contributed by atoms with Crippen molar-refractivity contribution in [2.45, 2.75) is 39.0 Å². The predicted octanol–water partition coefficient (Wildman–Crippen LogP) is 2.47. The van der Waals surface area contributed by atoms with Gasteiger partial charge in [0.1, 0.15) is 0 Å². The Labute approximate surface area is 131 Å². The molecule has 1 heterocycles. The predicted molar refractivity (Wildman–Crippen MR) is 85.6 cm³/mol. The lowest BCUT2D eigenvalue weighted by molar-refractivity contribution is -0.121. The number of nitrogens with zero attached hydrogens (tertiary/aromatic N) is 1. The Hall–Kier alpha value is -0.360. The molecule has 3 N–H and O–H groups in total. The third-order valence-corrected chi connectivity index (χ3v) is 3.44. The summed E-state index contributed by atoms with van der Waals surface area (Å²) < 4.78 is 0. The lowest BCUT2D eigenvalue weighted by Crippen LogP contribution is -2.24. The standard InChI is InChI=1S/C12H21N3OS.2ClH/c1-10-9-17-12(15-10)6-2-3-8-14-11(16)5-4-7-13;;/h9H,2-8,13H2,1H3,(H,14,16);2*1H. The fraction of sp³-hybridized carbons (Fsp3) is 0.667. The second kappa shape index (κ2) is 12.7. The number of aryl methyl sites for hydroxylation is 2. The highest BCUT2D eigenvalue weighted by Gasteiger charge is 2.00. The van der Waals surface area contributed by atoms with Crippen LogP contribution in [0.2, 0.25) is 0 Å². The molecular weight excluding hydrogens is 305 g/mol. The summed E-state index contributed by atoms with van der Waals surface area (Å²) in [6.45, 7) is 3.35. The highest BCUT2D eigenvalue weighted by Crippen LogP contribution is 2.11. The maximum Gasteiger partial charge on any atom is 0.220 e. The van der Waals surface area contributed by atoms with Gasteiger partial charge in [-0.2, -0.15) is 0 Å². The average Bonchev–Trinajstić information content (AvgIpc) is 2.72. The monoisotopic (exact) mass is 327 g/mol. The van der Waals surface area contributed by atoms with E-state index >= 15 is 0 Å². The summed E-state index contributed by atoms with van der Waals surface area (Å²) in [5.74, 6) is 0.112. The summed E-state index contributed by atoms with van der Waals surface area (Å²) in [4.78, 5) is 15.7. The minimum atomic E-state index is 0. The van der Waals surface area contributed by atoms with Gasteiger partial charge in [-0.3, -0.25) is 4.79 Å². The molecule has 0 aliphatic heterocycles. The molecule has 0 radical (unpaired) electrons. The number of thiazole rings is 1. The molecule has 0 atom stereocenters. The van der Waals surface area contributed by atoms with E-state index in [-0.39, 0.29) is 30.7 Å². The number of hydrogen-bond acceptors (Lipinski definition) is 4. The van der Waals surface area contributed by atoms with Crippen molar-refractivity contribution in [2.75, 3.05) is 13.1 Å². The Morgan fingerprint density at radius 3 is 2.68 bits per heavy atom. The quantitative estimate of drug-likeness (QED) is 0.721. The average molecular weight is 328 g/mol. The number of carbonyl (C=O) groups is 1. The molecule has 4 nitrogen and oxygen atoms in total. The van der Waals surface area contributed by atoms with Crippen molar-refractivity contribution in [3.63, 3.8) is 0 Å². The van der Waals surface area contributed by atoms with Crippen LogP contribution in [0.3, 0.4) is 0 Å². The van der Waals surface area contributed by atoms with Gasteiger partial charge in [0, 0.05) is 24.0 Å². The molecule has 1 aromatic heterocycles. The molecule has 0 fully saturated rings. The number of unbranched alkanes of at least 4 members (excludes halogenated alkanes) is 1. The number of hydrogen-bond donors (Lipinski definition) is 2. The van der Waals surface area contributed by atoms with Crippen LogP contribution >= 0.6 is 36.2 Å². The molecule has 0 aromatic carbocycles. The molecule has 7 heteroatoms. The van der Waals surface area contributed by atoms with E-state index in [4.69, 9.17) is 5.73 Å². The fourth-order valence-corrected chi connectivity index (χ4v) is 2.32. The molecule has 112 valence electrons. The smallest absolute Gasteiger partial charge is 0.220 e. The molecule has 0 spiro atoms. The van der Waals surface area contributed by atoms with Crippen LogP contribution in [0.15, 0.2) is 5.38 Å². The summed E-state index contributed by atoms with van der Waals surface area (Å²) in [5, 5.41) is 6.16. The van der Waals surface area contributed by atoms with Gasteiger partial charge in [-0.15, -0.1) is 36.2 Å². The second-order valence-corrected chi connectivity index (χ2v) is 5.02. The van der Waals surface area contributed by atoms with Gasteiger partial charge in [0.05, 0.1) is 5.01 Å². The maximum absolute atomic E-state index is 11.3. The van der Waals surface area contributed by atoms with Crippen LogP contribution in [0.4, 0.5) is 0 Å². The van der Waals surface area contributed by atoms with Crippen molar-refractivity contribution in [2.24, 2.45) is 5.73 Å². The first-order chi connectivity index (χ1) is 8.22. The van der Waals surface area contributed by atoms with Crippen molar-refractivity contribution >= 4 is 42.1 Å². The summed E-state index contributed by atoms with van der Waals surface area (Å²) in [6.07, 6.45) is 4.40. The first-order valence-corrected chi connectivity index (χ1v) is 6.98. The number of carbonyl (C=O) groups excluding carboxylic acids is 1. The van der Waals surface area contributed by atoms with Gasteiger partial charge in [-0.05, 0) is 39.2 Å². The minimum Gasteiger partial charge on any atom is -0.356 e. The normalized spacial score (nSPS) is 9.37. The Morgan fingerprint density at radius 1 is 1.37 bits per heavy atom. The Morgan fingerprint density at radius 2 is 2.11 bits per heavy atom. The van der Waals surface area contributed by atoms with Gasteiger partial charge < -0.3 is 11.1 Å². The first kappa shape index (κ1) is 20.9. The Balaban J connectivity index is 0. The van der Waals surface area contributed by atoms with Gasteiger partial charge in [0.15, 0.2) is 0 Å². The van der Waals surface area contributed by atoms with Crippen molar-refractivity contribution in [1.29, 1.82) is 0 Å². The van der Waals surface area contributed by atoms with Crippen LogP contribution in [-0.4, -0.2) is 24.0 Å². The molecule has 0 saturated carbocycles. The Kier molecular flexibility index (Phi) is 14.0. The van der Waals surface area contributed by atoms with Crippen molar-refractivity contribution < 1.29 is 4.79 Å². The molecule has 1 aromatic rings. The van der Waals surface area contributed by atoms with Gasteiger partial charge in [0.2, 0.25) is 5.91 Å². The lowest BCUT2D eigenvalue weighted by atomic mass is 10.2. The van der Waals surface area contributed by atoms with Gasteiger partial charge >= 0.3 is 0 Å². The van der Waals surface area contributed by atoms with Crippen LogP contribution in [-0.2, 0) is 11.2 Å². The summed E-state index contributed by atoms with van der Waals surface area (Å²) in [7, 11) is 0. The van der Waals surface area contributed by atoms with E-state index in [0.717, 1.165) is 37.9 Å². The molecule has 1 rings (SSSR count). The third kappa shape index (κ3) is 10.1. The summed E-state index contributed by atoms with van der Waals surface area (Å²) >= 11 is 1.71. The number of aromatic nitrogens is 1. The fourth-order valence-electron chi connectivity index (χ4n) is 1.50. The van der Waals surface area contributed by atoms with Crippen LogP contribution in [0.5, 0.6) is 0 Å². The maximum atomic E-state index is 11.3. The SMILES string of the molecule is Cc1csc(CCCCNC(=O)CCCN)n1.Cl.Cl. The molecule has 19 heavy (non-hydrogen) atoms. The topological polar surface area (TPSA) is 68.0 Å². The number of amides is 1. The number of nitrogens with one attached hydrogen (secondary N) is 1. The van der Waals surface area contributed by atoms with Crippen LogP contribution in [0.1, 0.15) is 36.4 Å². The first-order valence-electron chi connectivity index (χ1n) is 6.10. The Bertz CT molecular complexity index is 347. The van der Waals surface area contributed by atoms with Gasteiger partial charge in [-0.25, -0.2) is 4.98 Å². The number of rotatable bonds is 8. The lowest BCUT2D eigenvalue weighted by Gasteiger charge is -2.03. The van der Waals surface area contributed by atoms with E-state index in [1.807, 2.05) is 6.92 Å². The molecule has 0 saturated heterocycles. The van der Waals surface area contributed by atoms with Crippen molar-refractivity contribution in [1.82, 2.24) is 10.3 Å². The molecular formula is C12H23Cl2N3OS. The molecule has 1 amide bonds. The van der Waals surface area contributed by atoms with Crippen LogP contribution in [0.25, 0.3) is 0 Å². The molecule has 0 bridgehead atoms. The number of halogens is 2. The van der Waals surface area contributed by atoms with Gasteiger partial charge in [-0.1, -0.05) is 0 Å². The zero-order valence-electron chi connectivity index (χ0n) is 11.2. The van der Waals surface area contributed by atoms with E-state index in [1.165, 1.54) is 5.01 Å². The second-order valence-electron chi connectivity index (χ2n) is 4.08. The van der Waals surface area contributed by atoms with Crippen molar-refractivity contribution in [3.8, 4) is 0 Å². The van der Waals surface area contributed by atoms with E-state index in [1.54, 1.807) is 11.3 Å². The minimum absolute atomic E-state index is 0. The van der Waals surface area contributed by atoms with Gasteiger partial charge in [0.25, 0.3) is 0 Å². The highest BCUT2D eigenvalue weighted by atomic mass is 35.5. The van der Waals surface area contributed by atoms with E-state index < -0.39 is 0 Å². The largest absolute Gasteiger partial charge is 0.356 e. The summed E-state index contributed by atoms with van der Waals surface area (Å²) in [5.41, 5.74) is 6.43. The van der Waals surface area contributed by atoms with Crippen LogP contribution < -0.4 is 11.1 Å². The highest BCUT2D eigenvalue weighted by molar-refractivity contribution is 7.09. The van der Waals surface area contributed by atoms with Crippen molar-refractivity contribution in [3.05, 3.63) is 16.1 Å². The van der Waals surface area contributed by atoms with E-state index in [2.05, 4.69) is 15.7 Å². The van der Waals surface area contributed by atoms with E-state index in [0.29, 0.717) is 13.0 Å².